The van der Waals surface area contributed by atoms with Gasteiger partial charge in [0.15, 0.2) is 5.82 Å². The van der Waals surface area contributed by atoms with Crippen molar-refractivity contribution in [1.29, 1.82) is 0 Å². The molecule has 16 heavy (non-hydrogen) atoms. The van der Waals surface area contributed by atoms with E-state index in [0.29, 0.717) is 18.5 Å². The Morgan fingerprint density at radius 3 is 2.44 bits per heavy atom. The lowest BCUT2D eigenvalue weighted by Gasteiger charge is -2.19. The normalized spacial score (nSPS) is 16.8. The number of halogens is 1. The zero-order valence-corrected chi connectivity index (χ0v) is 10.8. The summed E-state index contributed by atoms with van der Waals surface area (Å²) in [4.78, 5) is 0. The molecular formula is C11H18ClN3O. The molecule has 1 aromatic heterocycles. The summed E-state index contributed by atoms with van der Waals surface area (Å²) in [6.45, 7) is 6.61. The van der Waals surface area contributed by atoms with Crippen LogP contribution in [0, 0.1) is 0 Å². The van der Waals surface area contributed by atoms with Crippen LogP contribution < -0.4 is 0 Å². The van der Waals surface area contributed by atoms with E-state index in [4.69, 9.17) is 16.3 Å². The minimum Gasteiger partial charge on any atom is -0.368 e. The van der Waals surface area contributed by atoms with Gasteiger partial charge in [-0.05, 0) is 33.6 Å². The molecule has 1 aromatic rings. The average molecular weight is 244 g/mol. The quantitative estimate of drug-likeness (QED) is 0.764. The molecule has 0 bridgehead atoms. The van der Waals surface area contributed by atoms with E-state index in [1.54, 1.807) is 0 Å². The van der Waals surface area contributed by atoms with Gasteiger partial charge in [-0.2, -0.15) is 0 Å². The second-order valence-electron chi connectivity index (χ2n) is 5.17. The van der Waals surface area contributed by atoms with Crippen LogP contribution in [0.3, 0.4) is 0 Å². The molecule has 1 aliphatic carbocycles. The summed E-state index contributed by atoms with van der Waals surface area (Å²) in [5, 5.41) is 8.25. The summed E-state index contributed by atoms with van der Waals surface area (Å²) < 4.78 is 7.86. The summed E-state index contributed by atoms with van der Waals surface area (Å²) in [6, 6.07) is 0.544. The monoisotopic (exact) mass is 243 g/mol. The van der Waals surface area contributed by atoms with E-state index in [9.17, 15) is 0 Å². The van der Waals surface area contributed by atoms with Crippen LogP contribution in [-0.2, 0) is 17.2 Å². The minimum absolute atomic E-state index is 0.151. The molecule has 2 rings (SSSR count). The minimum atomic E-state index is -0.151. The summed E-state index contributed by atoms with van der Waals surface area (Å²) in [6.07, 6.45) is 2.40. The third-order valence-electron chi connectivity index (χ3n) is 2.50. The summed E-state index contributed by atoms with van der Waals surface area (Å²) in [7, 11) is 0. The van der Waals surface area contributed by atoms with Crippen molar-refractivity contribution >= 4 is 11.6 Å². The SMILES string of the molecule is CC(C)(C)OCc1nnc(CCl)n1C1CC1. The van der Waals surface area contributed by atoms with E-state index < -0.39 is 0 Å². The number of hydrogen-bond donors (Lipinski definition) is 0. The van der Waals surface area contributed by atoms with E-state index in [2.05, 4.69) is 14.8 Å². The van der Waals surface area contributed by atoms with Crippen molar-refractivity contribution in [3.63, 3.8) is 0 Å². The maximum absolute atomic E-state index is 5.84. The number of nitrogens with zero attached hydrogens (tertiary/aromatic N) is 3. The second-order valence-corrected chi connectivity index (χ2v) is 5.44. The molecule has 1 aliphatic rings. The molecule has 0 aromatic carbocycles. The summed E-state index contributed by atoms with van der Waals surface area (Å²) in [5.41, 5.74) is -0.151. The number of alkyl halides is 1. The van der Waals surface area contributed by atoms with Gasteiger partial charge in [0, 0.05) is 6.04 Å². The van der Waals surface area contributed by atoms with E-state index in [-0.39, 0.29) is 5.60 Å². The Labute approximate surface area is 101 Å². The Kier molecular flexibility index (Phi) is 3.22. The Balaban J connectivity index is 2.11. The van der Waals surface area contributed by atoms with Crippen molar-refractivity contribution in [2.45, 2.75) is 57.7 Å². The maximum Gasteiger partial charge on any atom is 0.159 e. The molecule has 90 valence electrons. The van der Waals surface area contributed by atoms with Gasteiger partial charge in [0.2, 0.25) is 0 Å². The number of rotatable bonds is 4. The van der Waals surface area contributed by atoms with Crippen LogP contribution in [-0.4, -0.2) is 20.4 Å². The van der Waals surface area contributed by atoms with Gasteiger partial charge < -0.3 is 9.30 Å². The van der Waals surface area contributed by atoms with Crippen molar-refractivity contribution in [2.75, 3.05) is 0 Å². The van der Waals surface area contributed by atoms with Crippen molar-refractivity contribution in [1.82, 2.24) is 14.8 Å². The smallest absolute Gasteiger partial charge is 0.159 e. The Hall–Kier alpha value is -0.610. The van der Waals surface area contributed by atoms with Gasteiger partial charge in [-0.25, -0.2) is 0 Å². The molecule has 0 radical (unpaired) electrons. The highest BCUT2D eigenvalue weighted by atomic mass is 35.5. The van der Waals surface area contributed by atoms with Crippen LogP contribution >= 0.6 is 11.6 Å². The topological polar surface area (TPSA) is 39.9 Å². The van der Waals surface area contributed by atoms with Gasteiger partial charge >= 0.3 is 0 Å². The first-order chi connectivity index (χ1) is 7.51. The Morgan fingerprint density at radius 2 is 1.94 bits per heavy atom. The fourth-order valence-electron chi connectivity index (χ4n) is 1.59. The van der Waals surface area contributed by atoms with Crippen LogP contribution in [0.15, 0.2) is 0 Å². The Morgan fingerprint density at radius 1 is 1.31 bits per heavy atom. The summed E-state index contributed by atoms with van der Waals surface area (Å²) in [5.74, 6) is 2.17. The second kappa shape index (κ2) is 4.34. The number of ether oxygens (including phenoxy) is 1. The fourth-order valence-corrected chi connectivity index (χ4v) is 1.77. The van der Waals surface area contributed by atoms with Crippen LogP contribution in [0.4, 0.5) is 0 Å². The molecule has 0 amide bonds. The lowest BCUT2D eigenvalue weighted by Crippen LogP contribution is -2.20. The zero-order chi connectivity index (χ0) is 11.8. The molecule has 0 saturated heterocycles. The van der Waals surface area contributed by atoms with Crippen LogP contribution in [0.1, 0.15) is 51.3 Å². The third kappa shape index (κ3) is 2.74. The molecule has 0 unspecified atom stereocenters. The van der Waals surface area contributed by atoms with E-state index in [1.165, 1.54) is 12.8 Å². The average Bonchev–Trinajstić information content (AvgIpc) is 2.94. The highest BCUT2D eigenvalue weighted by Gasteiger charge is 2.29. The van der Waals surface area contributed by atoms with Gasteiger partial charge in [-0.3, -0.25) is 0 Å². The van der Waals surface area contributed by atoms with Crippen LogP contribution in [0.25, 0.3) is 0 Å². The Bertz CT molecular complexity index is 366. The molecule has 5 heteroatoms. The summed E-state index contributed by atoms with van der Waals surface area (Å²) >= 11 is 5.84. The van der Waals surface area contributed by atoms with Crippen LogP contribution in [0.5, 0.6) is 0 Å². The van der Waals surface area contributed by atoms with Crippen molar-refractivity contribution in [2.24, 2.45) is 0 Å². The highest BCUT2D eigenvalue weighted by molar-refractivity contribution is 6.16. The first-order valence-corrected chi connectivity index (χ1v) is 6.17. The van der Waals surface area contributed by atoms with Gasteiger partial charge in [0.25, 0.3) is 0 Å². The lowest BCUT2D eigenvalue weighted by molar-refractivity contribution is -0.0195. The number of hydrogen-bond acceptors (Lipinski definition) is 3. The van der Waals surface area contributed by atoms with Crippen molar-refractivity contribution in [3.05, 3.63) is 11.6 Å². The fraction of sp³-hybridized carbons (Fsp3) is 0.818. The standard InChI is InChI=1S/C11H18ClN3O/c1-11(2,3)16-7-10-14-13-9(6-12)15(10)8-4-5-8/h8H,4-7H2,1-3H3. The molecule has 0 atom stereocenters. The van der Waals surface area contributed by atoms with E-state index >= 15 is 0 Å². The first-order valence-electron chi connectivity index (χ1n) is 5.64. The molecule has 0 aliphatic heterocycles. The largest absolute Gasteiger partial charge is 0.368 e. The lowest BCUT2D eigenvalue weighted by atomic mass is 10.2. The van der Waals surface area contributed by atoms with Gasteiger partial charge in [0.05, 0.1) is 11.5 Å². The van der Waals surface area contributed by atoms with Gasteiger partial charge in [-0.1, -0.05) is 0 Å². The maximum atomic E-state index is 5.84. The number of aromatic nitrogens is 3. The molecule has 1 heterocycles. The van der Waals surface area contributed by atoms with Crippen molar-refractivity contribution < 1.29 is 4.74 Å². The van der Waals surface area contributed by atoms with E-state index in [1.807, 2.05) is 20.8 Å². The predicted molar refractivity (Wildman–Crippen MR) is 62.4 cm³/mol. The molecule has 0 spiro atoms. The van der Waals surface area contributed by atoms with Crippen LogP contribution in [0.2, 0.25) is 0 Å². The third-order valence-corrected chi connectivity index (χ3v) is 2.74. The molecule has 1 saturated carbocycles. The molecule has 0 N–H and O–H groups in total. The highest BCUT2D eigenvalue weighted by Crippen LogP contribution is 2.37. The molecule has 1 fully saturated rings. The zero-order valence-electron chi connectivity index (χ0n) is 10.0. The molecular weight excluding hydrogens is 226 g/mol. The van der Waals surface area contributed by atoms with Crippen molar-refractivity contribution in [3.8, 4) is 0 Å². The van der Waals surface area contributed by atoms with Gasteiger partial charge in [-0.15, -0.1) is 21.8 Å². The van der Waals surface area contributed by atoms with E-state index in [0.717, 1.165) is 11.6 Å². The first kappa shape index (κ1) is 11.9. The predicted octanol–water partition coefficient (Wildman–Crippen LogP) is 2.67. The van der Waals surface area contributed by atoms with Gasteiger partial charge in [0.1, 0.15) is 12.4 Å². The molecule has 4 nitrogen and oxygen atoms in total.